The standard InChI is InChI=1S/C13H20N4O2/c1-19-12(18)4-2-7-16-8-10-17(11-9-16)13-14-5-3-6-15-13/h3,5-6H,2,4,7-11H2,1H3. The summed E-state index contributed by atoms with van der Waals surface area (Å²) in [7, 11) is 1.43. The van der Waals surface area contributed by atoms with Gasteiger partial charge in [-0.05, 0) is 19.0 Å². The Morgan fingerprint density at radius 2 is 1.95 bits per heavy atom. The average Bonchev–Trinajstić information content (AvgIpc) is 2.48. The predicted octanol–water partition coefficient (Wildman–Crippen LogP) is 0.552. The maximum Gasteiger partial charge on any atom is 0.305 e. The number of carbonyl (C=O) groups is 1. The summed E-state index contributed by atoms with van der Waals surface area (Å²) in [6, 6.07) is 1.83. The van der Waals surface area contributed by atoms with Gasteiger partial charge in [-0.15, -0.1) is 0 Å². The monoisotopic (exact) mass is 264 g/mol. The normalized spacial score (nSPS) is 16.4. The SMILES string of the molecule is COC(=O)CCCN1CCN(c2ncccn2)CC1. The largest absolute Gasteiger partial charge is 0.469 e. The van der Waals surface area contributed by atoms with Crippen molar-refractivity contribution >= 4 is 11.9 Å². The van der Waals surface area contributed by atoms with Crippen molar-refractivity contribution in [1.82, 2.24) is 14.9 Å². The van der Waals surface area contributed by atoms with Crippen LogP contribution in [0, 0.1) is 0 Å². The summed E-state index contributed by atoms with van der Waals surface area (Å²) in [5.74, 6) is 0.674. The first-order valence-electron chi connectivity index (χ1n) is 6.61. The molecule has 1 aliphatic rings. The van der Waals surface area contributed by atoms with E-state index in [0.717, 1.165) is 45.1 Å². The molecule has 0 aromatic carbocycles. The number of aromatic nitrogens is 2. The lowest BCUT2D eigenvalue weighted by atomic mass is 10.2. The van der Waals surface area contributed by atoms with E-state index in [1.807, 2.05) is 6.07 Å². The van der Waals surface area contributed by atoms with Crippen molar-refractivity contribution in [3.63, 3.8) is 0 Å². The molecule has 2 heterocycles. The minimum Gasteiger partial charge on any atom is -0.469 e. The molecule has 0 radical (unpaired) electrons. The van der Waals surface area contributed by atoms with Crippen molar-refractivity contribution in [2.24, 2.45) is 0 Å². The Kier molecular flexibility index (Phi) is 5.09. The van der Waals surface area contributed by atoms with Crippen LogP contribution in [-0.4, -0.2) is 60.7 Å². The number of rotatable bonds is 5. The van der Waals surface area contributed by atoms with Gasteiger partial charge in [0.05, 0.1) is 7.11 Å². The molecule has 0 atom stereocenters. The van der Waals surface area contributed by atoms with Crippen LogP contribution in [0.15, 0.2) is 18.5 Å². The van der Waals surface area contributed by atoms with Gasteiger partial charge in [-0.2, -0.15) is 0 Å². The van der Waals surface area contributed by atoms with E-state index < -0.39 is 0 Å². The Labute approximate surface area is 113 Å². The first-order valence-corrected chi connectivity index (χ1v) is 6.61. The van der Waals surface area contributed by atoms with Crippen molar-refractivity contribution in [3.05, 3.63) is 18.5 Å². The van der Waals surface area contributed by atoms with E-state index in [4.69, 9.17) is 0 Å². The van der Waals surface area contributed by atoms with Crippen molar-refractivity contribution < 1.29 is 9.53 Å². The lowest BCUT2D eigenvalue weighted by molar-refractivity contribution is -0.140. The molecule has 0 amide bonds. The molecule has 0 spiro atoms. The van der Waals surface area contributed by atoms with E-state index in [1.165, 1.54) is 7.11 Å². The van der Waals surface area contributed by atoms with E-state index in [9.17, 15) is 4.79 Å². The van der Waals surface area contributed by atoms with Crippen LogP contribution in [0.2, 0.25) is 0 Å². The number of ether oxygens (including phenoxy) is 1. The van der Waals surface area contributed by atoms with Crippen molar-refractivity contribution in [1.29, 1.82) is 0 Å². The Balaban J connectivity index is 1.69. The third-order valence-electron chi connectivity index (χ3n) is 3.29. The van der Waals surface area contributed by atoms with Gasteiger partial charge >= 0.3 is 5.97 Å². The zero-order valence-corrected chi connectivity index (χ0v) is 11.3. The van der Waals surface area contributed by atoms with Gasteiger partial charge in [-0.3, -0.25) is 9.69 Å². The van der Waals surface area contributed by atoms with Crippen LogP contribution in [0.4, 0.5) is 5.95 Å². The van der Waals surface area contributed by atoms with Crippen molar-refractivity contribution in [2.45, 2.75) is 12.8 Å². The average molecular weight is 264 g/mol. The summed E-state index contributed by atoms with van der Waals surface area (Å²) in [6.07, 6.45) is 4.89. The van der Waals surface area contributed by atoms with E-state index in [0.29, 0.717) is 6.42 Å². The van der Waals surface area contributed by atoms with E-state index >= 15 is 0 Å². The van der Waals surface area contributed by atoms with Crippen LogP contribution in [0.3, 0.4) is 0 Å². The molecule has 2 rings (SSSR count). The highest BCUT2D eigenvalue weighted by Gasteiger charge is 2.18. The summed E-state index contributed by atoms with van der Waals surface area (Å²) < 4.78 is 4.63. The molecule has 19 heavy (non-hydrogen) atoms. The van der Waals surface area contributed by atoms with Crippen LogP contribution in [0.5, 0.6) is 0 Å². The third kappa shape index (κ3) is 4.17. The Morgan fingerprint density at radius 3 is 2.58 bits per heavy atom. The van der Waals surface area contributed by atoms with Gasteiger partial charge in [-0.25, -0.2) is 9.97 Å². The van der Waals surface area contributed by atoms with Crippen LogP contribution in [-0.2, 0) is 9.53 Å². The minimum absolute atomic E-state index is 0.128. The zero-order valence-electron chi connectivity index (χ0n) is 11.3. The van der Waals surface area contributed by atoms with Crippen LogP contribution < -0.4 is 4.90 Å². The summed E-state index contributed by atoms with van der Waals surface area (Å²) in [6.45, 7) is 4.78. The number of piperazine rings is 1. The molecule has 6 nitrogen and oxygen atoms in total. The fourth-order valence-corrected chi connectivity index (χ4v) is 2.18. The molecule has 104 valence electrons. The second kappa shape index (κ2) is 7.04. The molecule has 0 unspecified atom stereocenters. The highest BCUT2D eigenvalue weighted by Crippen LogP contribution is 2.10. The molecule has 0 N–H and O–H groups in total. The first kappa shape index (κ1) is 13.7. The topological polar surface area (TPSA) is 58.6 Å². The van der Waals surface area contributed by atoms with Gasteiger partial charge in [-0.1, -0.05) is 0 Å². The number of nitrogens with zero attached hydrogens (tertiary/aromatic N) is 4. The molecular formula is C13H20N4O2. The number of esters is 1. The predicted molar refractivity (Wildman–Crippen MR) is 71.9 cm³/mol. The molecule has 1 fully saturated rings. The van der Waals surface area contributed by atoms with Crippen LogP contribution in [0.25, 0.3) is 0 Å². The van der Waals surface area contributed by atoms with Gasteiger partial charge in [0, 0.05) is 45.0 Å². The van der Waals surface area contributed by atoms with Crippen LogP contribution in [0.1, 0.15) is 12.8 Å². The Morgan fingerprint density at radius 1 is 1.26 bits per heavy atom. The number of carbonyl (C=O) groups excluding carboxylic acids is 1. The lowest BCUT2D eigenvalue weighted by Crippen LogP contribution is -2.47. The van der Waals surface area contributed by atoms with Gasteiger partial charge in [0.2, 0.25) is 5.95 Å². The molecule has 1 aromatic heterocycles. The van der Waals surface area contributed by atoms with Gasteiger partial charge in [0.1, 0.15) is 0 Å². The molecule has 1 saturated heterocycles. The summed E-state index contributed by atoms with van der Waals surface area (Å²) in [5.41, 5.74) is 0. The van der Waals surface area contributed by atoms with Gasteiger partial charge in [0.25, 0.3) is 0 Å². The number of methoxy groups -OCH3 is 1. The van der Waals surface area contributed by atoms with E-state index in [1.54, 1.807) is 12.4 Å². The number of anilines is 1. The van der Waals surface area contributed by atoms with Crippen LogP contribution >= 0.6 is 0 Å². The minimum atomic E-state index is -0.128. The summed E-state index contributed by atoms with van der Waals surface area (Å²) in [5, 5.41) is 0. The molecule has 0 saturated carbocycles. The molecular weight excluding hydrogens is 244 g/mol. The molecule has 1 aliphatic heterocycles. The van der Waals surface area contributed by atoms with Crippen molar-refractivity contribution in [2.75, 3.05) is 44.7 Å². The fraction of sp³-hybridized carbons (Fsp3) is 0.615. The zero-order chi connectivity index (χ0) is 13.5. The van der Waals surface area contributed by atoms with Gasteiger partial charge < -0.3 is 9.64 Å². The quantitative estimate of drug-likeness (QED) is 0.724. The van der Waals surface area contributed by atoms with Gasteiger partial charge in [0.15, 0.2) is 0 Å². The summed E-state index contributed by atoms with van der Waals surface area (Å²) >= 11 is 0. The maximum atomic E-state index is 11.0. The Bertz CT molecular complexity index is 391. The number of hydrogen-bond acceptors (Lipinski definition) is 6. The molecule has 0 aliphatic carbocycles. The second-order valence-corrected chi connectivity index (χ2v) is 4.56. The van der Waals surface area contributed by atoms with E-state index in [-0.39, 0.29) is 5.97 Å². The second-order valence-electron chi connectivity index (χ2n) is 4.56. The molecule has 0 bridgehead atoms. The third-order valence-corrected chi connectivity index (χ3v) is 3.29. The highest BCUT2D eigenvalue weighted by atomic mass is 16.5. The lowest BCUT2D eigenvalue weighted by Gasteiger charge is -2.34. The first-order chi connectivity index (χ1) is 9.29. The van der Waals surface area contributed by atoms with Crippen molar-refractivity contribution in [3.8, 4) is 0 Å². The molecule has 6 heteroatoms. The summed E-state index contributed by atoms with van der Waals surface area (Å²) in [4.78, 5) is 24.1. The number of hydrogen-bond donors (Lipinski definition) is 0. The highest BCUT2D eigenvalue weighted by molar-refractivity contribution is 5.69. The van der Waals surface area contributed by atoms with E-state index in [2.05, 4.69) is 24.5 Å². The fourth-order valence-electron chi connectivity index (χ4n) is 2.18. The molecule has 1 aromatic rings. The smallest absolute Gasteiger partial charge is 0.305 e. The maximum absolute atomic E-state index is 11.0. The Hall–Kier alpha value is -1.69.